The highest BCUT2D eigenvalue weighted by atomic mass is 16.8. The van der Waals surface area contributed by atoms with Crippen molar-refractivity contribution < 1.29 is 69.0 Å². The van der Waals surface area contributed by atoms with Crippen LogP contribution in [-0.4, -0.2) is 128 Å². The minimum absolute atomic E-state index is 0.250. The van der Waals surface area contributed by atoms with Crippen molar-refractivity contribution in [2.75, 3.05) is 13.2 Å². The molecule has 0 aromatic rings. The second-order valence-corrected chi connectivity index (χ2v) is 12.2. The van der Waals surface area contributed by atoms with Gasteiger partial charge in [0.15, 0.2) is 12.6 Å². The van der Waals surface area contributed by atoms with E-state index < -0.39 is 86.6 Å². The van der Waals surface area contributed by atoms with E-state index in [4.69, 9.17) is 28.8 Å². The van der Waals surface area contributed by atoms with Crippen molar-refractivity contribution in [2.45, 2.75) is 165 Å². The number of allylic oxidation sites excluding steroid dienone is 2. The molecule has 7 N–H and O–H groups in total. The highest BCUT2D eigenvalue weighted by molar-refractivity contribution is 5.66. The van der Waals surface area contributed by atoms with Crippen LogP contribution in [0.2, 0.25) is 0 Å². The summed E-state index contributed by atoms with van der Waals surface area (Å²) >= 11 is 0. The zero-order valence-electron chi connectivity index (χ0n) is 27.1. The molecule has 0 amide bonds. The lowest BCUT2D eigenvalue weighted by atomic mass is 9.97. The van der Waals surface area contributed by atoms with E-state index >= 15 is 0 Å². The van der Waals surface area contributed by atoms with Crippen molar-refractivity contribution in [3.63, 3.8) is 0 Å². The molecule has 2 rings (SSSR count). The Morgan fingerprint density at radius 1 is 0.739 bits per heavy atom. The molecule has 0 aliphatic carbocycles. The molecule has 2 aliphatic rings. The molecule has 11 unspecified atom stereocenters. The maximum Gasteiger partial charge on any atom is 0.303 e. The molecule has 11 atom stereocenters. The summed E-state index contributed by atoms with van der Waals surface area (Å²) in [6, 6.07) is 0. The molecule has 46 heavy (non-hydrogen) atoms. The number of carboxylic acid groups (broad SMARTS) is 1. The fourth-order valence-electron chi connectivity index (χ4n) is 5.48. The zero-order valence-corrected chi connectivity index (χ0v) is 27.1. The average molecular weight is 665 g/mol. The smallest absolute Gasteiger partial charge is 0.303 e. The van der Waals surface area contributed by atoms with E-state index in [1.54, 1.807) is 0 Å². The van der Waals surface area contributed by atoms with Crippen molar-refractivity contribution in [3.05, 3.63) is 12.2 Å². The number of esters is 1. The molecular formula is C32H56O14. The van der Waals surface area contributed by atoms with Crippen LogP contribution in [0.3, 0.4) is 0 Å². The summed E-state index contributed by atoms with van der Waals surface area (Å²) in [7, 11) is 0. The normalized spacial score (nSPS) is 32.4. The molecule has 2 saturated heterocycles. The number of rotatable bonds is 22. The predicted molar refractivity (Wildman–Crippen MR) is 163 cm³/mol. The lowest BCUT2D eigenvalue weighted by Gasteiger charge is -2.46. The van der Waals surface area contributed by atoms with E-state index in [1.807, 2.05) is 6.92 Å². The summed E-state index contributed by atoms with van der Waals surface area (Å²) in [6.45, 7) is 1.96. The molecule has 0 spiro atoms. The van der Waals surface area contributed by atoms with Crippen molar-refractivity contribution in [2.24, 2.45) is 0 Å². The van der Waals surface area contributed by atoms with Gasteiger partial charge in [0.25, 0.3) is 0 Å². The fraction of sp³-hybridized carbons (Fsp3) is 0.875. The van der Waals surface area contributed by atoms with Crippen LogP contribution in [0.25, 0.3) is 0 Å². The first kappa shape index (κ1) is 40.5. The van der Waals surface area contributed by atoms with E-state index in [2.05, 4.69) is 12.2 Å². The van der Waals surface area contributed by atoms with E-state index in [9.17, 15) is 40.2 Å². The Labute approximate surface area is 271 Å². The Morgan fingerprint density at radius 2 is 1.30 bits per heavy atom. The molecule has 14 nitrogen and oxygen atoms in total. The van der Waals surface area contributed by atoms with Gasteiger partial charge in [-0.05, 0) is 45.4 Å². The summed E-state index contributed by atoms with van der Waals surface area (Å²) < 4.78 is 27.9. The number of ether oxygens (including phenoxy) is 5. The van der Waals surface area contributed by atoms with Crippen molar-refractivity contribution in [1.82, 2.24) is 0 Å². The number of aliphatic carboxylic acids is 1. The van der Waals surface area contributed by atoms with Gasteiger partial charge in [-0.25, -0.2) is 0 Å². The van der Waals surface area contributed by atoms with E-state index in [0.717, 1.165) is 77.6 Å². The number of carbonyl (C=O) groups excluding carboxylic acids is 1. The largest absolute Gasteiger partial charge is 0.481 e. The van der Waals surface area contributed by atoms with Crippen molar-refractivity contribution in [1.29, 1.82) is 0 Å². The lowest BCUT2D eigenvalue weighted by molar-refractivity contribution is -0.371. The predicted octanol–water partition coefficient (Wildman–Crippen LogP) is 1.30. The third kappa shape index (κ3) is 14.2. The van der Waals surface area contributed by atoms with Gasteiger partial charge in [-0.2, -0.15) is 0 Å². The van der Waals surface area contributed by atoms with Gasteiger partial charge in [0.05, 0.1) is 12.7 Å². The van der Waals surface area contributed by atoms with Gasteiger partial charge in [0, 0.05) is 13.3 Å². The molecule has 0 saturated carbocycles. The molecular weight excluding hydrogens is 608 g/mol. The maximum atomic E-state index is 11.2. The van der Waals surface area contributed by atoms with Crippen LogP contribution in [-0.2, 0) is 33.3 Å². The Balaban J connectivity index is 1.76. The summed E-state index contributed by atoms with van der Waals surface area (Å²) in [6.07, 6.45) is 1.06. The molecule has 0 aromatic carbocycles. The zero-order chi connectivity index (χ0) is 34.1. The highest BCUT2D eigenvalue weighted by Gasteiger charge is 2.51. The average Bonchev–Trinajstić information content (AvgIpc) is 3.01. The Bertz CT molecular complexity index is 887. The quantitative estimate of drug-likeness (QED) is 0.0493. The first-order valence-electron chi connectivity index (χ1n) is 16.6. The van der Waals surface area contributed by atoms with Crippen LogP contribution in [0.4, 0.5) is 0 Å². The molecule has 2 aliphatic heterocycles. The Kier molecular flexibility index (Phi) is 19.4. The van der Waals surface area contributed by atoms with Gasteiger partial charge < -0.3 is 59.4 Å². The lowest BCUT2D eigenvalue weighted by Crippen LogP contribution is -2.65. The van der Waals surface area contributed by atoms with Crippen LogP contribution in [0.15, 0.2) is 12.2 Å². The number of carboxylic acids is 1. The van der Waals surface area contributed by atoms with Crippen molar-refractivity contribution >= 4 is 11.9 Å². The first-order chi connectivity index (χ1) is 22.0. The third-order valence-corrected chi connectivity index (χ3v) is 8.26. The van der Waals surface area contributed by atoms with Gasteiger partial charge >= 0.3 is 11.9 Å². The van der Waals surface area contributed by atoms with E-state index in [0.29, 0.717) is 6.42 Å². The molecule has 14 heteroatoms. The number of hydrogen-bond acceptors (Lipinski definition) is 13. The summed E-state index contributed by atoms with van der Waals surface area (Å²) in [5.74, 6) is -1.38. The van der Waals surface area contributed by atoms with E-state index in [1.165, 1.54) is 0 Å². The maximum absolute atomic E-state index is 11.2. The van der Waals surface area contributed by atoms with Crippen LogP contribution in [0, 0.1) is 0 Å². The number of aliphatic hydroxyl groups excluding tert-OH is 6. The summed E-state index contributed by atoms with van der Waals surface area (Å²) in [5.41, 5.74) is 0. The van der Waals surface area contributed by atoms with Gasteiger partial charge in [0.1, 0.15) is 55.4 Å². The first-order valence-corrected chi connectivity index (χ1v) is 16.6. The van der Waals surface area contributed by atoms with Crippen LogP contribution >= 0.6 is 0 Å². The topological polar surface area (TPSA) is 222 Å². The SMILES string of the molecule is CC(=O)OCC1OC(OC2C(OC(C)CCCCCC/C=C\CCCCCCCC(=O)O)OC(CO)C(O)C2O)C(O)C(O)C1O. The van der Waals surface area contributed by atoms with Crippen molar-refractivity contribution in [3.8, 4) is 0 Å². The highest BCUT2D eigenvalue weighted by Crippen LogP contribution is 2.31. The number of aliphatic hydroxyl groups is 6. The molecule has 0 bridgehead atoms. The molecule has 2 heterocycles. The second kappa shape index (κ2) is 22.0. The number of unbranched alkanes of at least 4 members (excludes halogenated alkanes) is 9. The van der Waals surface area contributed by atoms with Crippen LogP contribution < -0.4 is 0 Å². The molecule has 0 radical (unpaired) electrons. The van der Waals surface area contributed by atoms with Crippen LogP contribution in [0.1, 0.15) is 97.3 Å². The number of carbonyl (C=O) groups is 2. The standard InChI is InChI=1S/C32H56O14/c1-20(16-14-12-10-8-6-4-3-5-7-9-11-13-15-17-24(35)36)43-32-30(28(40)25(37)22(18-33)44-32)46-31-29(41)27(39)26(38)23(45-31)19-42-21(2)34/h3-4,20,22-23,25-33,37-41H,5-19H2,1-2H3,(H,35,36)/b4-3-. The Hall–Kier alpha value is -1.72. The molecule has 268 valence electrons. The van der Waals surface area contributed by atoms with E-state index in [-0.39, 0.29) is 12.5 Å². The number of hydrogen-bond donors (Lipinski definition) is 7. The fourth-order valence-corrected chi connectivity index (χ4v) is 5.48. The third-order valence-electron chi connectivity index (χ3n) is 8.26. The summed E-state index contributed by atoms with van der Waals surface area (Å²) in [4.78, 5) is 21.7. The van der Waals surface area contributed by atoms with Gasteiger partial charge in [-0.15, -0.1) is 0 Å². The summed E-state index contributed by atoms with van der Waals surface area (Å²) in [5, 5.41) is 70.7. The molecule has 0 aromatic heterocycles. The Morgan fingerprint density at radius 3 is 1.91 bits per heavy atom. The van der Waals surface area contributed by atoms with Gasteiger partial charge in [-0.1, -0.05) is 50.7 Å². The monoisotopic (exact) mass is 664 g/mol. The minimum Gasteiger partial charge on any atom is -0.481 e. The molecule has 2 fully saturated rings. The van der Waals surface area contributed by atoms with Crippen LogP contribution in [0.5, 0.6) is 0 Å². The minimum atomic E-state index is -1.75. The van der Waals surface area contributed by atoms with Gasteiger partial charge in [0.2, 0.25) is 0 Å². The van der Waals surface area contributed by atoms with Gasteiger partial charge in [-0.3, -0.25) is 9.59 Å². The second-order valence-electron chi connectivity index (χ2n) is 12.2.